The zero-order chi connectivity index (χ0) is 27.6. The number of para-hydroxylation sites is 1. The molecule has 0 radical (unpaired) electrons. The Balaban J connectivity index is 1.81. The van der Waals surface area contributed by atoms with E-state index in [1.54, 1.807) is 43.3 Å². The second kappa shape index (κ2) is 11.4. The molecule has 0 fully saturated rings. The lowest BCUT2D eigenvalue weighted by Crippen LogP contribution is -2.25. The number of benzene rings is 3. The van der Waals surface area contributed by atoms with Crippen molar-refractivity contribution in [3.63, 3.8) is 0 Å². The molecular formula is C26H18F3I2N3O4. The van der Waals surface area contributed by atoms with E-state index >= 15 is 0 Å². The topological polar surface area (TPSA) is 82.8 Å². The molecule has 0 bridgehead atoms. The Morgan fingerprint density at radius 1 is 1.08 bits per heavy atom. The Labute approximate surface area is 242 Å². The van der Waals surface area contributed by atoms with Crippen molar-refractivity contribution >= 4 is 68.3 Å². The molecule has 7 nitrogen and oxygen atoms in total. The number of hydrogen-bond donors (Lipinski definition) is 0. The van der Waals surface area contributed by atoms with Gasteiger partial charge in [-0.2, -0.15) is 22.9 Å². The van der Waals surface area contributed by atoms with Crippen molar-refractivity contribution < 1.29 is 27.4 Å². The first kappa shape index (κ1) is 28.0. The Morgan fingerprint density at radius 2 is 1.76 bits per heavy atom. The average Bonchev–Trinajstić information content (AvgIpc) is 2.89. The van der Waals surface area contributed by atoms with Crippen LogP contribution in [0.15, 0.2) is 70.6 Å². The maximum Gasteiger partial charge on any atom is 0.416 e. The van der Waals surface area contributed by atoms with E-state index in [0.29, 0.717) is 24.0 Å². The number of alkyl halides is 3. The van der Waals surface area contributed by atoms with Crippen molar-refractivity contribution in [2.24, 2.45) is 5.10 Å². The summed E-state index contributed by atoms with van der Waals surface area (Å²) in [5, 5.41) is 4.59. The molecule has 3 aromatic carbocycles. The van der Waals surface area contributed by atoms with Crippen LogP contribution in [0, 0.1) is 7.14 Å². The number of fused-ring (bicyclic) bond motifs is 1. The number of ether oxygens (including phenoxy) is 2. The molecule has 4 rings (SSSR count). The van der Waals surface area contributed by atoms with Crippen LogP contribution in [-0.4, -0.2) is 35.1 Å². The molecule has 0 aliphatic heterocycles. The lowest BCUT2D eigenvalue weighted by Gasteiger charge is -2.15. The summed E-state index contributed by atoms with van der Waals surface area (Å²) in [7, 11) is 1.27. The van der Waals surface area contributed by atoms with Crippen LogP contribution in [-0.2, 0) is 15.7 Å². The number of nitrogens with zero attached hydrogens (tertiary/aromatic N) is 3. The van der Waals surface area contributed by atoms with Gasteiger partial charge in [-0.15, -0.1) is 0 Å². The van der Waals surface area contributed by atoms with Gasteiger partial charge in [0, 0.05) is 5.56 Å². The molecule has 0 aliphatic rings. The van der Waals surface area contributed by atoms with Crippen molar-refractivity contribution in [2.75, 3.05) is 7.11 Å². The van der Waals surface area contributed by atoms with Crippen LogP contribution in [0.4, 0.5) is 13.2 Å². The van der Waals surface area contributed by atoms with E-state index in [9.17, 15) is 22.8 Å². The zero-order valence-corrected chi connectivity index (χ0v) is 24.1. The summed E-state index contributed by atoms with van der Waals surface area (Å²) in [6, 6.07) is 14.6. The maximum atomic E-state index is 13.4. The molecule has 0 spiro atoms. The molecule has 0 aliphatic carbocycles. The number of carbonyl (C=O) groups is 1. The van der Waals surface area contributed by atoms with Gasteiger partial charge in [-0.05, 0) is 94.1 Å². The smallest absolute Gasteiger partial charge is 0.416 e. The van der Waals surface area contributed by atoms with Crippen LogP contribution < -0.4 is 10.3 Å². The number of halogens is 5. The zero-order valence-electron chi connectivity index (χ0n) is 19.8. The van der Waals surface area contributed by atoms with Crippen molar-refractivity contribution in [1.29, 1.82) is 0 Å². The van der Waals surface area contributed by atoms with Crippen LogP contribution in [0.2, 0.25) is 0 Å². The van der Waals surface area contributed by atoms with E-state index in [4.69, 9.17) is 9.47 Å². The summed E-state index contributed by atoms with van der Waals surface area (Å²) >= 11 is 4.10. The molecule has 0 saturated heterocycles. The number of aromatic nitrogens is 2. The van der Waals surface area contributed by atoms with E-state index < -0.39 is 29.4 Å². The second-order valence-electron chi connectivity index (χ2n) is 7.99. The van der Waals surface area contributed by atoms with Gasteiger partial charge in [0.25, 0.3) is 5.56 Å². The molecular weight excluding hydrogens is 729 g/mol. The Morgan fingerprint density at radius 3 is 2.42 bits per heavy atom. The number of hydrogen-bond acceptors (Lipinski definition) is 6. The highest BCUT2D eigenvalue weighted by Crippen LogP contribution is 2.32. The fraction of sp³-hybridized carbons (Fsp3) is 0.154. The van der Waals surface area contributed by atoms with Gasteiger partial charge in [-0.3, -0.25) is 4.79 Å². The van der Waals surface area contributed by atoms with Crippen molar-refractivity contribution in [2.45, 2.75) is 19.2 Å². The monoisotopic (exact) mass is 747 g/mol. The highest BCUT2D eigenvalue weighted by atomic mass is 127. The van der Waals surface area contributed by atoms with E-state index in [1.807, 2.05) is 45.2 Å². The van der Waals surface area contributed by atoms with Gasteiger partial charge in [0.1, 0.15) is 5.75 Å². The molecule has 4 aromatic rings. The Hall–Kier alpha value is -3.01. The Bertz CT molecular complexity index is 1600. The number of rotatable bonds is 6. The SMILES string of the molecule is COC(=O)[C@@H](C)Oc1c(I)cc(C=Nn2c(-c3cccc(C(F)(F)F)c3)nc3ccccc3c2=O)cc1I. The second-order valence-corrected chi connectivity index (χ2v) is 10.3. The molecule has 0 unspecified atom stereocenters. The number of carbonyl (C=O) groups excluding carboxylic acids is 1. The lowest BCUT2D eigenvalue weighted by atomic mass is 10.1. The van der Waals surface area contributed by atoms with Crippen LogP contribution in [0.25, 0.3) is 22.3 Å². The summed E-state index contributed by atoms with van der Waals surface area (Å²) in [6.45, 7) is 1.57. The third kappa shape index (κ3) is 6.00. The molecule has 0 saturated carbocycles. The molecule has 38 heavy (non-hydrogen) atoms. The third-order valence-corrected chi connectivity index (χ3v) is 6.98. The van der Waals surface area contributed by atoms with Gasteiger partial charge in [0.15, 0.2) is 11.9 Å². The van der Waals surface area contributed by atoms with E-state index in [1.165, 1.54) is 25.5 Å². The molecule has 12 heteroatoms. The van der Waals surface area contributed by atoms with Crippen LogP contribution in [0.1, 0.15) is 18.1 Å². The van der Waals surface area contributed by atoms with E-state index in [0.717, 1.165) is 16.8 Å². The molecule has 1 atom stereocenters. The van der Waals surface area contributed by atoms with Crippen LogP contribution in [0.5, 0.6) is 5.75 Å². The lowest BCUT2D eigenvalue weighted by molar-refractivity contribution is -0.148. The molecule has 1 heterocycles. The highest BCUT2D eigenvalue weighted by Gasteiger charge is 2.31. The molecule has 0 N–H and O–H groups in total. The molecule has 0 amide bonds. The minimum atomic E-state index is -4.57. The van der Waals surface area contributed by atoms with E-state index in [2.05, 4.69) is 10.1 Å². The Kier molecular flexibility index (Phi) is 8.40. The summed E-state index contributed by atoms with van der Waals surface area (Å²) in [6.07, 6.45) is -3.98. The van der Waals surface area contributed by atoms with Gasteiger partial charge >= 0.3 is 12.1 Å². The molecule has 196 valence electrons. The predicted molar refractivity (Wildman–Crippen MR) is 153 cm³/mol. The van der Waals surface area contributed by atoms with Gasteiger partial charge in [-0.25, -0.2) is 9.78 Å². The standard InChI is InChI=1S/C26H18F3I2N3O4/c1-14(25(36)37-2)38-22-19(30)10-15(11-20(22)31)13-32-34-23(16-6-5-7-17(12-16)26(27,28)29)33-21-9-4-3-8-18(21)24(34)35/h3-14H,1-2H3/t14-/m1/s1. The normalized spacial score (nSPS) is 12.6. The largest absolute Gasteiger partial charge is 0.477 e. The third-order valence-electron chi connectivity index (χ3n) is 5.37. The fourth-order valence-electron chi connectivity index (χ4n) is 3.53. The number of methoxy groups -OCH3 is 1. The quantitative estimate of drug-likeness (QED) is 0.135. The first-order valence-electron chi connectivity index (χ1n) is 11.0. The summed E-state index contributed by atoms with van der Waals surface area (Å²) in [5.41, 5.74) is -0.387. The first-order chi connectivity index (χ1) is 18.0. The summed E-state index contributed by atoms with van der Waals surface area (Å²) in [5.74, 6) is -0.0738. The molecule has 1 aromatic heterocycles. The highest BCUT2D eigenvalue weighted by molar-refractivity contribution is 14.1. The summed E-state index contributed by atoms with van der Waals surface area (Å²) < 4.78 is 52.9. The van der Waals surface area contributed by atoms with Crippen molar-refractivity contribution in [3.8, 4) is 17.1 Å². The maximum absolute atomic E-state index is 13.4. The fourth-order valence-corrected chi connectivity index (χ4v) is 5.60. The first-order valence-corrected chi connectivity index (χ1v) is 13.1. The summed E-state index contributed by atoms with van der Waals surface area (Å²) in [4.78, 5) is 29.6. The van der Waals surface area contributed by atoms with Gasteiger partial charge in [0.05, 0.1) is 36.9 Å². The van der Waals surface area contributed by atoms with Gasteiger partial charge in [-0.1, -0.05) is 24.3 Å². The van der Waals surface area contributed by atoms with Gasteiger partial charge in [0.2, 0.25) is 0 Å². The predicted octanol–water partition coefficient (Wildman–Crippen LogP) is 6.11. The van der Waals surface area contributed by atoms with Crippen molar-refractivity contribution in [3.05, 3.63) is 89.3 Å². The minimum Gasteiger partial charge on any atom is -0.477 e. The van der Waals surface area contributed by atoms with Crippen LogP contribution in [0.3, 0.4) is 0 Å². The average molecular weight is 747 g/mol. The van der Waals surface area contributed by atoms with Gasteiger partial charge < -0.3 is 9.47 Å². The van der Waals surface area contributed by atoms with Crippen molar-refractivity contribution in [1.82, 2.24) is 9.66 Å². The minimum absolute atomic E-state index is 0.0349. The van der Waals surface area contributed by atoms with E-state index in [-0.39, 0.29) is 16.8 Å². The van der Waals surface area contributed by atoms with Crippen LogP contribution >= 0.6 is 45.2 Å². The number of esters is 1.